The molecule has 0 aliphatic carbocycles. The van der Waals surface area contributed by atoms with Gasteiger partial charge in [0.25, 0.3) is 11.5 Å². The number of benzene rings is 3. The van der Waals surface area contributed by atoms with Gasteiger partial charge in [-0.25, -0.2) is 9.37 Å². The topological polar surface area (TPSA) is 81.1 Å². The van der Waals surface area contributed by atoms with E-state index >= 15 is 0 Å². The van der Waals surface area contributed by atoms with Gasteiger partial charge >= 0.3 is 0 Å². The number of hydrogen-bond donors (Lipinski definition) is 1. The van der Waals surface area contributed by atoms with Crippen LogP contribution in [0.1, 0.15) is 26.3 Å². The molecule has 1 heterocycles. The van der Waals surface area contributed by atoms with Gasteiger partial charge in [0.15, 0.2) is 5.78 Å². The summed E-state index contributed by atoms with van der Waals surface area (Å²) in [5.41, 5.74) is 1.85. The van der Waals surface area contributed by atoms with Crippen molar-refractivity contribution in [3.8, 4) is 11.3 Å². The molecule has 0 aliphatic rings. The van der Waals surface area contributed by atoms with E-state index < -0.39 is 5.91 Å². The molecule has 0 unspecified atom stereocenters. The van der Waals surface area contributed by atoms with E-state index in [1.165, 1.54) is 29.1 Å². The Labute approximate surface area is 189 Å². The molecule has 1 amide bonds. The van der Waals surface area contributed by atoms with Crippen molar-refractivity contribution in [2.75, 3.05) is 6.54 Å². The molecule has 164 valence electrons. The quantitative estimate of drug-likeness (QED) is 0.444. The van der Waals surface area contributed by atoms with Gasteiger partial charge in [0.05, 0.1) is 17.6 Å². The first-order valence-electron chi connectivity index (χ1n) is 10.3. The molecule has 1 aromatic heterocycles. The summed E-state index contributed by atoms with van der Waals surface area (Å²) >= 11 is 0. The summed E-state index contributed by atoms with van der Waals surface area (Å²) in [5.74, 6) is -1.01. The van der Waals surface area contributed by atoms with Crippen molar-refractivity contribution in [3.63, 3.8) is 0 Å². The smallest absolute Gasteiger partial charge is 0.253 e. The number of ketones is 1. The molecule has 0 radical (unpaired) electrons. The van der Waals surface area contributed by atoms with Gasteiger partial charge in [-0.3, -0.25) is 19.0 Å². The van der Waals surface area contributed by atoms with Crippen LogP contribution in [0.25, 0.3) is 11.3 Å². The first-order valence-corrected chi connectivity index (χ1v) is 10.3. The van der Waals surface area contributed by atoms with E-state index in [2.05, 4.69) is 10.3 Å². The van der Waals surface area contributed by atoms with Crippen LogP contribution in [-0.2, 0) is 6.54 Å². The van der Waals surface area contributed by atoms with Gasteiger partial charge in [-0.1, -0.05) is 48.5 Å². The summed E-state index contributed by atoms with van der Waals surface area (Å²) in [4.78, 5) is 42.2. The molecule has 0 spiro atoms. The minimum atomic E-state index is -0.404. The van der Waals surface area contributed by atoms with Crippen LogP contribution in [0, 0.1) is 5.82 Å². The Morgan fingerprint density at radius 3 is 2.24 bits per heavy atom. The molecular weight excluding hydrogens is 421 g/mol. The third-order valence-corrected chi connectivity index (χ3v) is 5.11. The van der Waals surface area contributed by atoms with Crippen LogP contribution >= 0.6 is 0 Å². The number of nitrogens with one attached hydrogen (secondary N) is 1. The molecule has 0 bridgehead atoms. The van der Waals surface area contributed by atoms with Gasteiger partial charge in [0.1, 0.15) is 5.82 Å². The largest absolute Gasteiger partial charge is 0.350 e. The molecule has 0 aliphatic heterocycles. The predicted octanol–water partition coefficient (Wildman–Crippen LogP) is 3.71. The van der Waals surface area contributed by atoms with Gasteiger partial charge in [-0.2, -0.15) is 0 Å². The second kappa shape index (κ2) is 9.82. The van der Waals surface area contributed by atoms with Crippen LogP contribution in [0.5, 0.6) is 0 Å². The van der Waals surface area contributed by atoms with Crippen molar-refractivity contribution < 1.29 is 14.0 Å². The van der Waals surface area contributed by atoms with Crippen molar-refractivity contribution in [2.24, 2.45) is 0 Å². The SMILES string of the molecule is O=C(NCCn1cnc(-c2ccc(F)cc2)cc1=O)c1ccccc1C(=O)c1ccccc1. The number of hydrogen-bond acceptors (Lipinski definition) is 4. The lowest BCUT2D eigenvalue weighted by atomic mass is 9.98. The first-order chi connectivity index (χ1) is 16.0. The zero-order valence-corrected chi connectivity index (χ0v) is 17.6. The van der Waals surface area contributed by atoms with Crippen molar-refractivity contribution in [1.82, 2.24) is 14.9 Å². The van der Waals surface area contributed by atoms with E-state index in [0.717, 1.165) is 0 Å². The van der Waals surface area contributed by atoms with Crippen LogP contribution in [0.4, 0.5) is 4.39 Å². The van der Waals surface area contributed by atoms with Gasteiger partial charge < -0.3 is 5.32 Å². The Balaban J connectivity index is 1.43. The van der Waals surface area contributed by atoms with E-state index in [-0.39, 0.29) is 35.8 Å². The molecule has 0 saturated heterocycles. The number of carbonyl (C=O) groups is 2. The molecule has 0 saturated carbocycles. The highest BCUT2D eigenvalue weighted by atomic mass is 19.1. The van der Waals surface area contributed by atoms with Crippen LogP contribution in [0.15, 0.2) is 96.1 Å². The van der Waals surface area contributed by atoms with Crippen LogP contribution in [0.3, 0.4) is 0 Å². The third-order valence-electron chi connectivity index (χ3n) is 5.11. The Morgan fingerprint density at radius 1 is 0.879 bits per heavy atom. The summed E-state index contributed by atoms with van der Waals surface area (Å²) in [7, 11) is 0. The average Bonchev–Trinajstić information content (AvgIpc) is 2.85. The zero-order chi connectivity index (χ0) is 23.2. The number of aromatic nitrogens is 2. The lowest BCUT2D eigenvalue weighted by Gasteiger charge is -2.11. The Morgan fingerprint density at radius 2 is 1.55 bits per heavy atom. The van der Waals surface area contributed by atoms with Crippen LogP contribution < -0.4 is 10.9 Å². The second-order valence-corrected chi connectivity index (χ2v) is 7.31. The predicted molar refractivity (Wildman–Crippen MR) is 123 cm³/mol. The monoisotopic (exact) mass is 441 g/mol. The maximum absolute atomic E-state index is 13.1. The molecule has 33 heavy (non-hydrogen) atoms. The lowest BCUT2D eigenvalue weighted by Crippen LogP contribution is -2.31. The van der Waals surface area contributed by atoms with E-state index in [1.807, 2.05) is 6.07 Å². The second-order valence-electron chi connectivity index (χ2n) is 7.31. The fraction of sp³-hybridized carbons (Fsp3) is 0.0769. The molecule has 0 fully saturated rings. The highest BCUT2D eigenvalue weighted by Crippen LogP contribution is 2.16. The van der Waals surface area contributed by atoms with Crippen molar-refractivity contribution in [1.29, 1.82) is 0 Å². The first kappa shape index (κ1) is 21.8. The van der Waals surface area contributed by atoms with Crippen LogP contribution in [-0.4, -0.2) is 27.8 Å². The van der Waals surface area contributed by atoms with E-state index in [1.54, 1.807) is 60.7 Å². The van der Waals surface area contributed by atoms with Gasteiger partial charge in [-0.15, -0.1) is 0 Å². The van der Waals surface area contributed by atoms with Crippen molar-refractivity contribution in [3.05, 3.63) is 124 Å². The number of amides is 1. The standard InChI is InChI=1S/C26H20FN3O3/c27-20-12-10-18(11-13-20)23-16-24(31)30(17-29-23)15-14-28-26(33)22-9-5-4-8-21(22)25(32)19-6-2-1-3-7-19/h1-13,16-17H,14-15H2,(H,28,33). The average molecular weight is 441 g/mol. The molecule has 1 N–H and O–H groups in total. The molecule has 4 aromatic rings. The summed E-state index contributed by atoms with van der Waals surface area (Å²) in [6.45, 7) is 0.375. The fourth-order valence-electron chi connectivity index (χ4n) is 3.38. The minimum absolute atomic E-state index is 0.171. The van der Waals surface area contributed by atoms with Crippen molar-refractivity contribution in [2.45, 2.75) is 6.54 Å². The van der Waals surface area contributed by atoms with Crippen molar-refractivity contribution >= 4 is 11.7 Å². The number of nitrogens with zero attached hydrogens (tertiary/aromatic N) is 2. The summed E-state index contributed by atoms with van der Waals surface area (Å²) in [5, 5.41) is 2.75. The fourth-order valence-corrected chi connectivity index (χ4v) is 3.38. The minimum Gasteiger partial charge on any atom is -0.350 e. The maximum Gasteiger partial charge on any atom is 0.253 e. The van der Waals surface area contributed by atoms with Gasteiger partial charge in [0.2, 0.25) is 0 Å². The number of carbonyl (C=O) groups excluding carboxylic acids is 2. The molecule has 6 nitrogen and oxygen atoms in total. The summed E-state index contributed by atoms with van der Waals surface area (Å²) in [6.07, 6.45) is 1.39. The zero-order valence-electron chi connectivity index (χ0n) is 17.6. The van der Waals surface area contributed by atoms with Gasteiger partial charge in [-0.05, 0) is 30.3 Å². The van der Waals surface area contributed by atoms with E-state index in [9.17, 15) is 18.8 Å². The Hall–Kier alpha value is -4.39. The normalized spacial score (nSPS) is 10.6. The molecule has 0 atom stereocenters. The highest BCUT2D eigenvalue weighted by molar-refractivity contribution is 6.15. The Kier molecular flexibility index (Phi) is 6.50. The maximum atomic E-state index is 13.1. The van der Waals surface area contributed by atoms with Gasteiger partial charge in [0, 0.05) is 35.8 Å². The molecule has 3 aromatic carbocycles. The summed E-state index contributed by atoms with van der Waals surface area (Å²) < 4.78 is 14.5. The Bertz CT molecular complexity index is 1350. The highest BCUT2D eigenvalue weighted by Gasteiger charge is 2.17. The third kappa shape index (κ3) is 5.10. The summed E-state index contributed by atoms with van der Waals surface area (Å²) in [6, 6.07) is 22.4. The molecular formula is C26H20FN3O3. The van der Waals surface area contributed by atoms with E-state index in [4.69, 9.17) is 0 Å². The molecule has 4 rings (SSSR count). The number of rotatable bonds is 7. The molecule has 7 heteroatoms. The number of halogens is 1. The lowest BCUT2D eigenvalue weighted by molar-refractivity contribution is 0.0940. The van der Waals surface area contributed by atoms with Crippen LogP contribution in [0.2, 0.25) is 0 Å². The van der Waals surface area contributed by atoms with E-state index in [0.29, 0.717) is 22.4 Å².